The Kier molecular flexibility index (Phi) is 6.57. The molecule has 2 saturated heterocycles. The second kappa shape index (κ2) is 8.88. The molecular weight excluding hydrogens is 314 g/mol. The third kappa shape index (κ3) is 4.46. The zero-order chi connectivity index (χ0) is 17.6. The molecule has 1 N–H and O–H groups in total. The number of nitrogens with zero attached hydrogens (tertiary/aromatic N) is 2. The zero-order valence-electron chi connectivity index (χ0n) is 16.0. The molecule has 0 aromatic heterocycles. The van der Waals surface area contributed by atoms with Crippen molar-refractivity contribution in [2.24, 2.45) is 0 Å². The Balaban J connectivity index is 1.86. The van der Waals surface area contributed by atoms with Crippen LogP contribution in [0.2, 0.25) is 0 Å². The SMILES string of the molecule is CCOc1ccc(C(CN2CCCC2)N2CCNCC2C)cc1OC. The third-order valence-electron chi connectivity index (χ3n) is 5.46. The Labute approximate surface area is 152 Å². The molecule has 1 aromatic carbocycles. The average molecular weight is 348 g/mol. The van der Waals surface area contributed by atoms with Crippen LogP contribution < -0.4 is 14.8 Å². The van der Waals surface area contributed by atoms with Crippen LogP contribution in [0.1, 0.15) is 38.3 Å². The number of methoxy groups -OCH3 is 1. The van der Waals surface area contributed by atoms with E-state index >= 15 is 0 Å². The van der Waals surface area contributed by atoms with E-state index in [1.54, 1.807) is 7.11 Å². The highest BCUT2D eigenvalue weighted by molar-refractivity contribution is 5.44. The molecule has 0 spiro atoms. The van der Waals surface area contributed by atoms with Gasteiger partial charge in [-0.25, -0.2) is 0 Å². The second-order valence-electron chi connectivity index (χ2n) is 7.16. The van der Waals surface area contributed by atoms with Gasteiger partial charge in [0.2, 0.25) is 0 Å². The quantitative estimate of drug-likeness (QED) is 0.820. The third-order valence-corrected chi connectivity index (χ3v) is 5.46. The summed E-state index contributed by atoms with van der Waals surface area (Å²) in [5, 5.41) is 3.51. The van der Waals surface area contributed by atoms with E-state index in [0.717, 1.165) is 37.7 Å². The van der Waals surface area contributed by atoms with Crippen molar-refractivity contribution >= 4 is 0 Å². The van der Waals surface area contributed by atoms with Crippen LogP contribution in [0.4, 0.5) is 0 Å². The first-order valence-corrected chi connectivity index (χ1v) is 9.72. The van der Waals surface area contributed by atoms with Gasteiger partial charge in [0, 0.05) is 38.3 Å². The highest BCUT2D eigenvalue weighted by atomic mass is 16.5. The standard InChI is InChI=1S/C20H33N3O2/c1-4-25-19-8-7-17(13-20(19)24-3)18(15-22-10-5-6-11-22)23-12-9-21-14-16(23)2/h7-8,13,16,18,21H,4-6,9-12,14-15H2,1-3H3. The first-order chi connectivity index (χ1) is 12.2. The highest BCUT2D eigenvalue weighted by Gasteiger charge is 2.30. The molecule has 0 saturated carbocycles. The number of piperazine rings is 1. The van der Waals surface area contributed by atoms with Crippen LogP contribution in [0.25, 0.3) is 0 Å². The Morgan fingerprint density at radius 2 is 2.00 bits per heavy atom. The first-order valence-electron chi connectivity index (χ1n) is 9.72. The van der Waals surface area contributed by atoms with Gasteiger partial charge in [-0.3, -0.25) is 4.90 Å². The van der Waals surface area contributed by atoms with E-state index in [1.807, 2.05) is 6.92 Å². The lowest BCUT2D eigenvalue weighted by atomic mass is 10.0. The molecule has 2 atom stereocenters. The summed E-state index contributed by atoms with van der Waals surface area (Å²) in [5.74, 6) is 1.68. The molecule has 5 nitrogen and oxygen atoms in total. The molecule has 0 aliphatic carbocycles. The first kappa shape index (κ1) is 18.5. The Morgan fingerprint density at radius 1 is 1.20 bits per heavy atom. The lowest BCUT2D eigenvalue weighted by Crippen LogP contribution is -2.52. The fourth-order valence-corrected chi connectivity index (χ4v) is 4.10. The van der Waals surface area contributed by atoms with Crippen LogP contribution >= 0.6 is 0 Å². The fourth-order valence-electron chi connectivity index (χ4n) is 4.10. The smallest absolute Gasteiger partial charge is 0.161 e. The number of likely N-dealkylation sites (tertiary alicyclic amines) is 1. The van der Waals surface area contributed by atoms with Gasteiger partial charge in [0.25, 0.3) is 0 Å². The van der Waals surface area contributed by atoms with E-state index in [2.05, 4.69) is 40.2 Å². The molecule has 140 valence electrons. The van der Waals surface area contributed by atoms with Crippen molar-refractivity contribution < 1.29 is 9.47 Å². The molecule has 2 fully saturated rings. The molecule has 5 heteroatoms. The topological polar surface area (TPSA) is 37.0 Å². The number of hydrogen-bond donors (Lipinski definition) is 1. The normalized spacial score (nSPS) is 23.6. The zero-order valence-corrected chi connectivity index (χ0v) is 16.0. The van der Waals surface area contributed by atoms with Gasteiger partial charge in [0.15, 0.2) is 11.5 Å². The minimum absolute atomic E-state index is 0.403. The van der Waals surface area contributed by atoms with E-state index in [1.165, 1.54) is 31.5 Å². The maximum Gasteiger partial charge on any atom is 0.161 e. The van der Waals surface area contributed by atoms with E-state index in [9.17, 15) is 0 Å². The van der Waals surface area contributed by atoms with E-state index in [-0.39, 0.29) is 0 Å². The minimum atomic E-state index is 0.403. The fraction of sp³-hybridized carbons (Fsp3) is 0.700. The van der Waals surface area contributed by atoms with Gasteiger partial charge in [-0.1, -0.05) is 6.07 Å². The summed E-state index contributed by atoms with van der Waals surface area (Å²) < 4.78 is 11.3. The number of ether oxygens (including phenoxy) is 2. The summed E-state index contributed by atoms with van der Waals surface area (Å²) in [6, 6.07) is 7.42. The number of nitrogens with one attached hydrogen (secondary N) is 1. The molecule has 0 amide bonds. The summed E-state index contributed by atoms with van der Waals surface area (Å²) in [6.07, 6.45) is 2.66. The summed E-state index contributed by atoms with van der Waals surface area (Å²) in [6.45, 7) is 11.8. The lowest BCUT2D eigenvalue weighted by Gasteiger charge is -2.41. The van der Waals surface area contributed by atoms with E-state index in [4.69, 9.17) is 9.47 Å². The van der Waals surface area contributed by atoms with Crippen LogP contribution in [0.3, 0.4) is 0 Å². The van der Waals surface area contributed by atoms with Crippen LogP contribution in [-0.4, -0.2) is 68.8 Å². The molecule has 25 heavy (non-hydrogen) atoms. The minimum Gasteiger partial charge on any atom is -0.493 e. The molecule has 0 radical (unpaired) electrons. The summed E-state index contributed by atoms with van der Waals surface area (Å²) >= 11 is 0. The van der Waals surface area contributed by atoms with Crippen molar-refractivity contribution in [2.75, 3.05) is 53.0 Å². The largest absolute Gasteiger partial charge is 0.493 e. The average Bonchev–Trinajstić information content (AvgIpc) is 3.14. The van der Waals surface area contributed by atoms with Gasteiger partial charge in [-0.2, -0.15) is 0 Å². The van der Waals surface area contributed by atoms with E-state index < -0.39 is 0 Å². The molecule has 2 unspecified atom stereocenters. The van der Waals surface area contributed by atoms with Crippen molar-refractivity contribution in [2.45, 2.75) is 38.8 Å². The molecular formula is C20H33N3O2. The Hall–Kier alpha value is -1.30. The molecule has 2 aliphatic rings. The number of hydrogen-bond acceptors (Lipinski definition) is 5. The van der Waals surface area contributed by atoms with Crippen molar-refractivity contribution in [3.63, 3.8) is 0 Å². The molecule has 0 bridgehead atoms. The maximum atomic E-state index is 5.70. The van der Waals surface area contributed by atoms with Gasteiger partial charge in [-0.15, -0.1) is 0 Å². The summed E-state index contributed by atoms with van der Waals surface area (Å²) in [7, 11) is 1.73. The van der Waals surface area contributed by atoms with Crippen LogP contribution in [-0.2, 0) is 0 Å². The molecule has 2 heterocycles. The lowest BCUT2D eigenvalue weighted by molar-refractivity contribution is 0.0906. The number of benzene rings is 1. The van der Waals surface area contributed by atoms with Crippen molar-refractivity contribution in [1.29, 1.82) is 0 Å². The summed E-state index contributed by atoms with van der Waals surface area (Å²) in [4.78, 5) is 5.27. The van der Waals surface area contributed by atoms with Gasteiger partial charge in [0.1, 0.15) is 0 Å². The highest BCUT2D eigenvalue weighted by Crippen LogP contribution is 2.34. The van der Waals surface area contributed by atoms with Crippen LogP contribution in [0.15, 0.2) is 18.2 Å². The van der Waals surface area contributed by atoms with Gasteiger partial charge in [-0.05, 0) is 57.5 Å². The molecule has 1 aromatic rings. The predicted octanol–water partition coefficient (Wildman–Crippen LogP) is 2.52. The Morgan fingerprint density at radius 3 is 2.68 bits per heavy atom. The monoisotopic (exact) mass is 347 g/mol. The number of rotatable bonds is 7. The van der Waals surface area contributed by atoms with Gasteiger partial charge >= 0.3 is 0 Å². The van der Waals surface area contributed by atoms with E-state index in [0.29, 0.717) is 18.7 Å². The van der Waals surface area contributed by atoms with Crippen molar-refractivity contribution in [1.82, 2.24) is 15.1 Å². The van der Waals surface area contributed by atoms with Gasteiger partial charge < -0.3 is 19.7 Å². The molecule has 3 rings (SSSR count). The van der Waals surface area contributed by atoms with Gasteiger partial charge in [0.05, 0.1) is 13.7 Å². The second-order valence-corrected chi connectivity index (χ2v) is 7.16. The van der Waals surface area contributed by atoms with Crippen molar-refractivity contribution in [3.05, 3.63) is 23.8 Å². The molecule has 2 aliphatic heterocycles. The predicted molar refractivity (Wildman–Crippen MR) is 102 cm³/mol. The van der Waals surface area contributed by atoms with Crippen LogP contribution in [0, 0.1) is 0 Å². The van der Waals surface area contributed by atoms with Crippen LogP contribution in [0.5, 0.6) is 11.5 Å². The maximum absolute atomic E-state index is 5.70. The Bertz CT molecular complexity index is 546. The van der Waals surface area contributed by atoms with Crippen molar-refractivity contribution in [3.8, 4) is 11.5 Å². The summed E-state index contributed by atoms with van der Waals surface area (Å²) in [5.41, 5.74) is 1.33.